The summed E-state index contributed by atoms with van der Waals surface area (Å²) in [7, 11) is 0. The summed E-state index contributed by atoms with van der Waals surface area (Å²) in [5.74, 6) is 0. The van der Waals surface area contributed by atoms with Gasteiger partial charge in [-0.05, 0) is 48.5 Å². The fourth-order valence-corrected chi connectivity index (χ4v) is 3.13. The molecule has 0 saturated carbocycles. The molecule has 24 heavy (non-hydrogen) atoms. The maximum absolute atomic E-state index is 6.13. The molecule has 1 saturated heterocycles. The highest BCUT2D eigenvalue weighted by Crippen LogP contribution is 2.28. The smallest absolute Gasteiger partial charge is 0.0723 e. The van der Waals surface area contributed by atoms with E-state index in [-0.39, 0.29) is 0 Å². The predicted octanol–water partition coefficient (Wildman–Crippen LogP) is 4.47. The normalized spacial score (nSPS) is 14.8. The second-order valence-corrected chi connectivity index (χ2v) is 6.23. The Kier molecular flexibility index (Phi) is 4.24. The molecule has 122 valence electrons. The van der Waals surface area contributed by atoms with Crippen LogP contribution in [0.25, 0.3) is 10.9 Å². The fourth-order valence-electron chi connectivity index (χ4n) is 2.96. The average Bonchev–Trinajstić information content (AvgIpc) is 2.64. The summed E-state index contributed by atoms with van der Waals surface area (Å²) < 4.78 is 5.40. The number of fused-ring (bicyclic) bond motifs is 1. The fraction of sp³-hybridized carbons (Fsp3) is 0.211. The number of hydrogen-bond acceptors (Lipinski definition) is 4. The van der Waals surface area contributed by atoms with E-state index in [2.05, 4.69) is 39.5 Å². The minimum absolute atomic E-state index is 0.709. The van der Waals surface area contributed by atoms with Gasteiger partial charge in [0, 0.05) is 46.8 Å². The van der Waals surface area contributed by atoms with Crippen LogP contribution < -0.4 is 10.2 Å². The maximum Gasteiger partial charge on any atom is 0.0723 e. The van der Waals surface area contributed by atoms with Crippen LogP contribution in [0, 0.1) is 0 Å². The number of hydrogen-bond donors (Lipinski definition) is 1. The third kappa shape index (κ3) is 3.16. The molecule has 0 bridgehead atoms. The zero-order chi connectivity index (χ0) is 16.4. The molecule has 0 amide bonds. The standard InChI is InChI=1S/C19H18ClN3O/c20-14-1-6-18-17(13-14)19(7-8-21-18)22-15-2-4-16(5-3-15)23-9-11-24-12-10-23/h1-8,13H,9-12H2,(H,21,22). The first-order valence-electron chi connectivity index (χ1n) is 8.04. The van der Waals surface area contributed by atoms with Crippen molar-refractivity contribution >= 4 is 39.6 Å². The first-order chi connectivity index (χ1) is 11.8. The Hall–Kier alpha value is -2.30. The highest BCUT2D eigenvalue weighted by Gasteiger charge is 2.11. The monoisotopic (exact) mass is 339 g/mol. The van der Waals surface area contributed by atoms with E-state index in [4.69, 9.17) is 16.3 Å². The van der Waals surface area contributed by atoms with E-state index < -0.39 is 0 Å². The lowest BCUT2D eigenvalue weighted by Crippen LogP contribution is -2.36. The highest BCUT2D eigenvalue weighted by molar-refractivity contribution is 6.31. The molecule has 0 unspecified atom stereocenters. The van der Waals surface area contributed by atoms with Gasteiger partial charge in [-0.3, -0.25) is 4.98 Å². The third-order valence-electron chi connectivity index (χ3n) is 4.23. The van der Waals surface area contributed by atoms with E-state index in [9.17, 15) is 0 Å². The molecule has 1 N–H and O–H groups in total. The number of nitrogens with zero attached hydrogens (tertiary/aromatic N) is 2. The molecule has 4 rings (SSSR count). The quantitative estimate of drug-likeness (QED) is 0.764. The van der Waals surface area contributed by atoms with Crippen molar-refractivity contribution in [3.05, 3.63) is 59.8 Å². The number of nitrogens with one attached hydrogen (secondary N) is 1. The summed E-state index contributed by atoms with van der Waals surface area (Å²) in [6.07, 6.45) is 1.81. The number of rotatable bonds is 3. The van der Waals surface area contributed by atoms with Crippen LogP contribution in [0.15, 0.2) is 54.7 Å². The first kappa shape index (κ1) is 15.2. The van der Waals surface area contributed by atoms with Crippen LogP contribution in [0.3, 0.4) is 0 Å². The summed E-state index contributed by atoms with van der Waals surface area (Å²) in [5, 5.41) is 5.19. The summed E-state index contributed by atoms with van der Waals surface area (Å²) in [5.41, 5.74) is 4.20. The molecule has 3 aromatic rings. The van der Waals surface area contributed by atoms with Gasteiger partial charge in [-0.2, -0.15) is 0 Å². The van der Waals surface area contributed by atoms with Crippen LogP contribution in [0.1, 0.15) is 0 Å². The van der Waals surface area contributed by atoms with Crippen molar-refractivity contribution in [2.45, 2.75) is 0 Å². The molecule has 4 nitrogen and oxygen atoms in total. The topological polar surface area (TPSA) is 37.4 Å². The van der Waals surface area contributed by atoms with Crippen LogP contribution in [-0.4, -0.2) is 31.3 Å². The molecule has 0 radical (unpaired) electrons. The molecule has 0 spiro atoms. The van der Waals surface area contributed by atoms with Crippen LogP contribution in [0.4, 0.5) is 17.1 Å². The van der Waals surface area contributed by atoms with E-state index in [0.29, 0.717) is 5.02 Å². The van der Waals surface area contributed by atoms with E-state index in [0.717, 1.165) is 48.6 Å². The SMILES string of the molecule is Clc1ccc2nccc(Nc3ccc(N4CCOCC4)cc3)c2c1. The van der Waals surface area contributed by atoms with Crippen molar-refractivity contribution in [2.75, 3.05) is 36.5 Å². The number of aromatic nitrogens is 1. The van der Waals surface area contributed by atoms with Crippen LogP contribution in [0.2, 0.25) is 5.02 Å². The second-order valence-electron chi connectivity index (χ2n) is 5.79. The van der Waals surface area contributed by atoms with E-state index >= 15 is 0 Å². The maximum atomic E-state index is 6.13. The third-order valence-corrected chi connectivity index (χ3v) is 4.46. The Morgan fingerprint density at radius 2 is 1.79 bits per heavy atom. The lowest BCUT2D eigenvalue weighted by atomic mass is 10.1. The van der Waals surface area contributed by atoms with E-state index in [1.165, 1.54) is 5.69 Å². The molecule has 5 heteroatoms. The van der Waals surface area contributed by atoms with Gasteiger partial charge in [0.1, 0.15) is 0 Å². The first-order valence-corrected chi connectivity index (χ1v) is 8.41. The molecular formula is C19H18ClN3O. The largest absolute Gasteiger partial charge is 0.378 e. The van der Waals surface area contributed by atoms with Gasteiger partial charge >= 0.3 is 0 Å². The van der Waals surface area contributed by atoms with Gasteiger partial charge in [-0.25, -0.2) is 0 Å². The van der Waals surface area contributed by atoms with Gasteiger partial charge in [0.05, 0.1) is 18.7 Å². The van der Waals surface area contributed by atoms with Crippen molar-refractivity contribution < 1.29 is 4.74 Å². The van der Waals surface area contributed by atoms with Crippen LogP contribution in [0.5, 0.6) is 0 Å². The molecule has 1 fully saturated rings. The molecule has 0 aliphatic carbocycles. The van der Waals surface area contributed by atoms with Gasteiger partial charge in [0.15, 0.2) is 0 Å². The van der Waals surface area contributed by atoms with E-state index in [1.54, 1.807) is 6.20 Å². The number of benzene rings is 2. The minimum atomic E-state index is 0.709. The summed E-state index contributed by atoms with van der Waals surface area (Å²) in [4.78, 5) is 6.72. The van der Waals surface area contributed by atoms with Crippen molar-refractivity contribution in [1.82, 2.24) is 4.98 Å². The molecule has 0 atom stereocenters. The molecule has 2 aromatic carbocycles. The van der Waals surface area contributed by atoms with Crippen molar-refractivity contribution in [3.8, 4) is 0 Å². The predicted molar refractivity (Wildman–Crippen MR) is 99.5 cm³/mol. The Balaban J connectivity index is 1.58. The van der Waals surface area contributed by atoms with Crippen LogP contribution >= 0.6 is 11.6 Å². The van der Waals surface area contributed by atoms with Crippen molar-refractivity contribution in [2.24, 2.45) is 0 Å². The lowest BCUT2D eigenvalue weighted by Gasteiger charge is -2.29. The number of ether oxygens (including phenoxy) is 1. The molecule has 1 aliphatic rings. The van der Waals surface area contributed by atoms with Gasteiger partial charge in [-0.1, -0.05) is 11.6 Å². The van der Waals surface area contributed by atoms with Gasteiger partial charge < -0.3 is 15.0 Å². The molecular weight excluding hydrogens is 322 g/mol. The van der Waals surface area contributed by atoms with Gasteiger partial charge in [0.2, 0.25) is 0 Å². The van der Waals surface area contributed by atoms with Crippen LogP contribution in [-0.2, 0) is 4.74 Å². The molecule has 2 heterocycles. The summed E-state index contributed by atoms with van der Waals surface area (Å²) in [6, 6.07) is 16.2. The zero-order valence-electron chi connectivity index (χ0n) is 13.2. The minimum Gasteiger partial charge on any atom is -0.378 e. The highest BCUT2D eigenvalue weighted by atomic mass is 35.5. The second kappa shape index (κ2) is 6.67. The van der Waals surface area contributed by atoms with E-state index in [1.807, 2.05) is 24.3 Å². The number of anilines is 3. The molecule has 1 aromatic heterocycles. The average molecular weight is 340 g/mol. The van der Waals surface area contributed by atoms with Crippen molar-refractivity contribution in [1.29, 1.82) is 0 Å². The van der Waals surface area contributed by atoms with Crippen molar-refractivity contribution in [3.63, 3.8) is 0 Å². The summed E-state index contributed by atoms with van der Waals surface area (Å²) in [6.45, 7) is 3.48. The molecule has 1 aliphatic heterocycles. The lowest BCUT2D eigenvalue weighted by molar-refractivity contribution is 0.122. The Morgan fingerprint density at radius 1 is 1.00 bits per heavy atom. The Morgan fingerprint density at radius 3 is 2.58 bits per heavy atom. The Bertz CT molecular complexity index is 845. The van der Waals surface area contributed by atoms with Gasteiger partial charge in [0.25, 0.3) is 0 Å². The number of halogens is 1. The Labute approximate surface area is 146 Å². The zero-order valence-corrected chi connectivity index (χ0v) is 14.0. The number of pyridine rings is 1. The number of morpholine rings is 1. The summed E-state index contributed by atoms with van der Waals surface area (Å²) >= 11 is 6.13. The van der Waals surface area contributed by atoms with Gasteiger partial charge in [-0.15, -0.1) is 0 Å².